The quantitative estimate of drug-likeness (QED) is 0.504. The van der Waals surface area contributed by atoms with Crippen LogP contribution in [0.15, 0.2) is 24.3 Å². The predicted octanol–water partition coefficient (Wildman–Crippen LogP) is 2.74. The van der Waals surface area contributed by atoms with E-state index in [1.54, 1.807) is 0 Å². The van der Waals surface area contributed by atoms with Gasteiger partial charge in [-0.2, -0.15) is 0 Å². The third kappa shape index (κ3) is 1.60. The first kappa shape index (κ1) is 12.6. The molecule has 1 aromatic rings. The molecule has 1 fully saturated rings. The molecule has 1 saturated carbocycles. The fraction of sp³-hybridized carbons (Fsp3) is 0.364. The van der Waals surface area contributed by atoms with Crippen molar-refractivity contribution in [3.05, 3.63) is 33.4 Å². The second-order valence-electron chi connectivity index (χ2n) is 3.93. The molecule has 1 N–H and O–H groups in total. The first-order chi connectivity index (χ1) is 7.49. The van der Waals surface area contributed by atoms with Gasteiger partial charge < -0.3 is 9.90 Å². The Balaban J connectivity index is 2.41. The lowest BCUT2D eigenvalue weighted by Crippen LogP contribution is -2.16. The molecule has 0 bridgehead atoms. The molecule has 0 saturated heterocycles. The zero-order valence-electron chi connectivity index (χ0n) is 8.16. The lowest BCUT2D eigenvalue weighted by molar-refractivity contribution is -0.113. The summed E-state index contributed by atoms with van der Waals surface area (Å²) >= 11 is 14.4. The predicted molar refractivity (Wildman–Crippen MR) is 71.9 cm³/mol. The molecule has 1 aromatic carbocycles. The molecule has 0 amide bonds. The molecule has 1 aliphatic rings. The lowest BCUT2D eigenvalue weighted by Gasteiger charge is -2.04. The summed E-state index contributed by atoms with van der Waals surface area (Å²) in [6.45, 7) is -0.334. The zero-order valence-corrected chi connectivity index (χ0v) is 11.8. The average Bonchev–Trinajstić information content (AvgIpc) is 2.75. The molecular weight excluding hydrogens is 362 g/mol. The molecule has 86 valence electrons. The first-order valence-electron chi connectivity index (χ1n) is 4.70. The van der Waals surface area contributed by atoms with Gasteiger partial charge in [0.2, 0.25) is 0 Å². The number of aliphatic hydroxyl groups is 1. The molecular formula is C11H9Cl2IO2. The maximum Gasteiger partial charge on any atom is 0.141 e. The molecule has 1 aliphatic carbocycles. The fourth-order valence-corrected chi connectivity index (χ4v) is 3.58. The van der Waals surface area contributed by atoms with Crippen molar-refractivity contribution in [3.8, 4) is 0 Å². The minimum Gasteiger partial charge on any atom is -0.395 e. The van der Waals surface area contributed by atoms with E-state index in [-0.39, 0.29) is 12.5 Å². The third-order valence-corrected chi connectivity index (χ3v) is 4.88. The van der Waals surface area contributed by atoms with Crippen molar-refractivity contribution in [2.45, 2.75) is 10.3 Å². The number of halogens is 3. The van der Waals surface area contributed by atoms with Gasteiger partial charge in [-0.1, -0.05) is 35.3 Å². The monoisotopic (exact) mass is 370 g/mol. The summed E-state index contributed by atoms with van der Waals surface area (Å²) in [5, 5.41) is 9.29. The van der Waals surface area contributed by atoms with Gasteiger partial charge in [-0.25, -0.2) is 0 Å². The van der Waals surface area contributed by atoms with Crippen LogP contribution in [0.1, 0.15) is 11.5 Å². The SMILES string of the molecule is O=CC1(CO)C(c2cccc(I)c2)C1(Cl)Cl. The van der Waals surface area contributed by atoms with Crippen molar-refractivity contribution >= 4 is 52.1 Å². The molecule has 0 aliphatic heterocycles. The number of rotatable bonds is 3. The van der Waals surface area contributed by atoms with Crippen molar-refractivity contribution < 1.29 is 9.90 Å². The van der Waals surface area contributed by atoms with Gasteiger partial charge >= 0.3 is 0 Å². The molecule has 16 heavy (non-hydrogen) atoms. The molecule has 0 aromatic heterocycles. The van der Waals surface area contributed by atoms with E-state index in [4.69, 9.17) is 23.2 Å². The van der Waals surface area contributed by atoms with E-state index in [1.807, 2.05) is 24.3 Å². The molecule has 2 rings (SSSR count). The largest absolute Gasteiger partial charge is 0.395 e. The summed E-state index contributed by atoms with van der Waals surface area (Å²) in [4.78, 5) is 11.1. The van der Waals surface area contributed by atoms with Crippen molar-refractivity contribution in [2.24, 2.45) is 5.41 Å². The Morgan fingerprint density at radius 2 is 2.19 bits per heavy atom. The van der Waals surface area contributed by atoms with E-state index >= 15 is 0 Å². The second kappa shape index (κ2) is 4.12. The summed E-state index contributed by atoms with van der Waals surface area (Å²) in [6.07, 6.45) is 0.664. The number of hydrogen-bond acceptors (Lipinski definition) is 2. The Bertz CT molecular complexity index is 436. The summed E-state index contributed by atoms with van der Waals surface area (Å²) in [6, 6.07) is 7.61. The van der Waals surface area contributed by atoms with E-state index in [0.29, 0.717) is 6.29 Å². The van der Waals surface area contributed by atoms with E-state index in [0.717, 1.165) is 9.13 Å². The number of carbonyl (C=O) groups is 1. The third-order valence-electron chi connectivity index (χ3n) is 3.07. The summed E-state index contributed by atoms with van der Waals surface area (Å²) < 4.78 is -0.155. The zero-order chi connectivity index (χ0) is 12.0. The number of carbonyl (C=O) groups excluding carboxylic acids is 1. The van der Waals surface area contributed by atoms with Gasteiger partial charge in [0.05, 0.1) is 12.0 Å². The maximum atomic E-state index is 11.1. The molecule has 0 heterocycles. The van der Waals surface area contributed by atoms with Crippen LogP contribution in [0.3, 0.4) is 0 Å². The average molecular weight is 371 g/mol. The van der Waals surface area contributed by atoms with Crippen molar-refractivity contribution in [2.75, 3.05) is 6.61 Å². The van der Waals surface area contributed by atoms with Gasteiger partial charge in [0.1, 0.15) is 10.6 Å². The van der Waals surface area contributed by atoms with Crippen LogP contribution in [0.4, 0.5) is 0 Å². The van der Waals surface area contributed by atoms with Crippen LogP contribution in [0, 0.1) is 8.99 Å². The van der Waals surface area contributed by atoms with Crippen LogP contribution < -0.4 is 0 Å². The highest BCUT2D eigenvalue weighted by Crippen LogP contribution is 2.72. The molecule has 0 radical (unpaired) electrons. The standard InChI is InChI=1S/C11H9Cl2IO2/c12-11(13)9(10(11,5-15)6-16)7-2-1-3-8(14)4-7/h1-5,9,16H,6H2. The number of hydrogen-bond donors (Lipinski definition) is 1. The van der Waals surface area contributed by atoms with Crippen LogP contribution in [-0.4, -0.2) is 22.3 Å². The van der Waals surface area contributed by atoms with Crippen molar-refractivity contribution in [1.29, 1.82) is 0 Å². The minimum absolute atomic E-state index is 0.333. The number of aliphatic hydroxyl groups excluding tert-OH is 1. The van der Waals surface area contributed by atoms with Gasteiger partial charge in [0.25, 0.3) is 0 Å². The van der Waals surface area contributed by atoms with E-state index in [9.17, 15) is 9.90 Å². The van der Waals surface area contributed by atoms with Gasteiger partial charge in [-0.15, -0.1) is 0 Å². The van der Waals surface area contributed by atoms with Gasteiger partial charge in [-0.05, 0) is 40.3 Å². The highest BCUT2D eigenvalue weighted by Gasteiger charge is 2.76. The van der Waals surface area contributed by atoms with E-state index in [2.05, 4.69) is 22.6 Å². The summed E-state index contributed by atoms with van der Waals surface area (Å²) in [5.74, 6) is -0.333. The van der Waals surface area contributed by atoms with Crippen LogP contribution in [0.5, 0.6) is 0 Å². The molecule has 5 heteroatoms. The Hall–Kier alpha value is 0.160. The number of alkyl halides is 2. The minimum atomic E-state index is -1.20. The Morgan fingerprint density at radius 1 is 1.50 bits per heavy atom. The normalized spacial score (nSPS) is 31.1. The highest BCUT2D eigenvalue weighted by atomic mass is 127. The fourth-order valence-electron chi connectivity index (χ4n) is 2.05. The van der Waals surface area contributed by atoms with E-state index in [1.165, 1.54) is 0 Å². The van der Waals surface area contributed by atoms with Crippen LogP contribution in [-0.2, 0) is 4.79 Å². The summed E-state index contributed by atoms with van der Waals surface area (Å²) in [5.41, 5.74) is -0.168. The number of aldehydes is 1. The van der Waals surface area contributed by atoms with Gasteiger partial charge in [-0.3, -0.25) is 0 Å². The van der Waals surface area contributed by atoms with Crippen molar-refractivity contribution in [1.82, 2.24) is 0 Å². The van der Waals surface area contributed by atoms with Crippen LogP contribution >= 0.6 is 45.8 Å². The highest BCUT2D eigenvalue weighted by molar-refractivity contribution is 14.1. The summed E-state index contributed by atoms with van der Waals surface area (Å²) in [7, 11) is 0. The Labute approximate surface area is 117 Å². The van der Waals surface area contributed by atoms with Gasteiger partial charge in [0.15, 0.2) is 0 Å². The Kier molecular flexibility index (Phi) is 3.25. The molecule has 2 atom stereocenters. The first-order valence-corrected chi connectivity index (χ1v) is 6.53. The molecule has 0 spiro atoms. The van der Waals surface area contributed by atoms with Crippen molar-refractivity contribution in [3.63, 3.8) is 0 Å². The topological polar surface area (TPSA) is 37.3 Å². The van der Waals surface area contributed by atoms with Crippen LogP contribution in [0.2, 0.25) is 0 Å². The smallest absolute Gasteiger partial charge is 0.141 e. The molecule has 2 unspecified atom stereocenters. The van der Waals surface area contributed by atoms with E-state index < -0.39 is 9.75 Å². The number of benzene rings is 1. The molecule has 2 nitrogen and oxygen atoms in total. The lowest BCUT2D eigenvalue weighted by atomic mass is 10.0. The maximum absolute atomic E-state index is 11.1. The second-order valence-corrected chi connectivity index (χ2v) is 6.56. The van der Waals surface area contributed by atoms with Crippen LogP contribution in [0.25, 0.3) is 0 Å². The van der Waals surface area contributed by atoms with Gasteiger partial charge in [0, 0.05) is 9.49 Å². The Morgan fingerprint density at radius 3 is 2.62 bits per heavy atom.